The van der Waals surface area contributed by atoms with Crippen LogP contribution in [0.1, 0.15) is 0 Å². The van der Waals surface area contributed by atoms with Crippen LogP contribution in [0.3, 0.4) is 0 Å². The summed E-state index contributed by atoms with van der Waals surface area (Å²) in [5.74, 6) is -2.37. The van der Waals surface area contributed by atoms with E-state index in [2.05, 4.69) is 0 Å². The Balaban J connectivity index is 4.24. The van der Waals surface area contributed by atoms with E-state index in [1.807, 2.05) is 0 Å². The normalized spacial score (nSPS) is 20.5. The third-order valence-electron chi connectivity index (χ3n) is 1.51. The molecule has 78 valence electrons. The molecule has 2 unspecified atom stereocenters. The number of hydrogen-bond donors (Lipinski definition) is 5. The molecule has 0 rings (SSSR count). The quantitative estimate of drug-likeness (QED) is 0.307. The highest BCUT2D eigenvalue weighted by atomic mass is 31.0. The molecule has 0 bridgehead atoms. The van der Waals surface area contributed by atoms with Crippen LogP contribution in [-0.4, -0.2) is 62.1 Å². The molecule has 5 atom stereocenters. The number of Topliss-reactive ketones (excluding diaryl/α,β-unsaturated/α-hetero) is 1. The van der Waals surface area contributed by atoms with E-state index in [0.29, 0.717) is 0 Å². The first-order chi connectivity index (χ1) is 5.91. The second-order valence-corrected chi connectivity index (χ2v) is 3.22. The van der Waals surface area contributed by atoms with Gasteiger partial charge >= 0.3 is 0 Å². The van der Waals surface area contributed by atoms with Crippen molar-refractivity contribution in [3.63, 3.8) is 0 Å². The van der Waals surface area contributed by atoms with Crippen LogP contribution in [0.2, 0.25) is 0 Å². The standard InChI is InChI=1S/C6H13O6P/c7-1-2(8)3(9)4(10)5(11)6(12)13/h3-7,9-12H,1,13H2/t3-,4+,5-,6?/m1/s1. The highest BCUT2D eigenvalue weighted by Crippen LogP contribution is 2.10. The summed E-state index contributed by atoms with van der Waals surface area (Å²) in [5, 5.41) is 44.1. The van der Waals surface area contributed by atoms with Gasteiger partial charge < -0.3 is 25.5 Å². The molecule has 0 amide bonds. The molecule has 0 saturated heterocycles. The van der Waals surface area contributed by atoms with Crippen LogP contribution in [0.25, 0.3) is 0 Å². The van der Waals surface area contributed by atoms with Crippen LogP contribution in [0.5, 0.6) is 0 Å². The van der Waals surface area contributed by atoms with Crippen LogP contribution in [0.4, 0.5) is 0 Å². The van der Waals surface area contributed by atoms with Crippen molar-refractivity contribution in [2.45, 2.75) is 24.2 Å². The third-order valence-corrected chi connectivity index (χ3v) is 1.90. The van der Waals surface area contributed by atoms with Crippen molar-refractivity contribution in [1.82, 2.24) is 0 Å². The van der Waals surface area contributed by atoms with Gasteiger partial charge in [0.15, 0.2) is 5.78 Å². The fourth-order valence-electron chi connectivity index (χ4n) is 0.673. The van der Waals surface area contributed by atoms with Gasteiger partial charge in [-0.25, -0.2) is 0 Å². The Morgan fingerprint density at radius 2 is 1.62 bits per heavy atom. The predicted octanol–water partition coefficient (Wildman–Crippen LogP) is -3.18. The molecule has 0 aliphatic carbocycles. The molecule has 0 aromatic rings. The van der Waals surface area contributed by atoms with Gasteiger partial charge in [0, 0.05) is 0 Å². The maximum atomic E-state index is 10.6. The number of aliphatic hydroxyl groups excluding tert-OH is 5. The Bertz CT molecular complexity index is 173. The van der Waals surface area contributed by atoms with E-state index in [1.54, 1.807) is 9.24 Å². The van der Waals surface area contributed by atoms with Gasteiger partial charge in [0.2, 0.25) is 0 Å². The molecule has 5 N–H and O–H groups in total. The fourth-order valence-corrected chi connectivity index (χ4v) is 0.900. The van der Waals surface area contributed by atoms with Crippen LogP contribution >= 0.6 is 9.24 Å². The van der Waals surface area contributed by atoms with Gasteiger partial charge in [-0.1, -0.05) is 0 Å². The van der Waals surface area contributed by atoms with Crippen LogP contribution in [-0.2, 0) is 4.79 Å². The van der Waals surface area contributed by atoms with Crippen LogP contribution in [0, 0.1) is 0 Å². The lowest BCUT2D eigenvalue weighted by atomic mass is 10.1. The lowest BCUT2D eigenvalue weighted by molar-refractivity contribution is -0.143. The van der Waals surface area contributed by atoms with E-state index >= 15 is 0 Å². The van der Waals surface area contributed by atoms with Crippen LogP contribution in [0.15, 0.2) is 0 Å². The maximum absolute atomic E-state index is 10.6. The van der Waals surface area contributed by atoms with E-state index in [9.17, 15) is 4.79 Å². The number of rotatable bonds is 5. The molecule has 7 heteroatoms. The highest BCUT2D eigenvalue weighted by molar-refractivity contribution is 7.17. The van der Waals surface area contributed by atoms with E-state index in [-0.39, 0.29) is 0 Å². The molecule has 0 spiro atoms. The zero-order valence-corrected chi connectivity index (χ0v) is 7.89. The number of ketones is 1. The summed E-state index contributed by atoms with van der Waals surface area (Å²) in [7, 11) is 1.79. The van der Waals surface area contributed by atoms with Gasteiger partial charge in [-0.05, 0) is 0 Å². The van der Waals surface area contributed by atoms with Gasteiger partial charge in [0.05, 0.1) is 5.85 Å². The average Bonchev–Trinajstić information content (AvgIpc) is 2.12. The maximum Gasteiger partial charge on any atom is 0.189 e. The lowest BCUT2D eigenvalue weighted by Gasteiger charge is -2.23. The zero-order chi connectivity index (χ0) is 10.6. The first-order valence-corrected chi connectivity index (χ1v) is 4.20. The molecule has 0 aromatic carbocycles. The topological polar surface area (TPSA) is 118 Å². The van der Waals surface area contributed by atoms with E-state index in [0.717, 1.165) is 0 Å². The Labute approximate surface area is 77.0 Å². The van der Waals surface area contributed by atoms with Crippen LogP contribution < -0.4 is 0 Å². The monoisotopic (exact) mass is 212 g/mol. The van der Waals surface area contributed by atoms with Crippen molar-refractivity contribution < 1.29 is 30.3 Å². The Morgan fingerprint density at radius 3 is 1.92 bits per heavy atom. The molecular weight excluding hydrogens is 199 g/mol. The molecule has 13 heavy (non-hydrogen) atoms. The molecule has 0 aliphatic heterocycles. The summed E-state index contributed by atoms with van der Waals surface area (Å²) in [6.07, 6.45) is -5.36. The van der Waals surface area contributed by atoms with Crippen molar-refractivity contribution in [3.05, 3.63) is 0 Å². The van der Waals surface area contributed by atoms with Crippen molar-refractivity contribution in [2.24, 2.45) is 0 Å². The minimum Gasteiger partial charge on any atom is -0.388 e. The Hall–Kier alpha value is -0.1000. The smallest absolute Gasteiger partial charge is 0.189 e. The van der Waals surface area contributed by atoms with Crippen molar-refractivity contribution in [1.29, 1.82) is 0 Å². The lowest BCUT2D eigenvalue weighted by Crippen LogP contribution is -2.46. The highest BCUT2D eigenvalue weighted by Gasteiger charge is 2.32. The predicted molar refractivity (Wildman–Crippen MR) is 45.8 cm³/mol. The van der Waals surface area contributed by atoms with E-state index in [1.165, 1.54) is 0 Å². The molecule has 0 aromatic heterocycles. The molecule has 0 radical (unpaired) electrons. The summed E-state index contributed by atoms with van der Waals surface area (Å²) < 4.78 is 0. The first-order valence-electron chi connectivity index (χ1n) is 3.53. The molecular formula is C6H13O6P. The summed E-state index contributed by atoms with van der Waals surface area (Å²) >= 11 is 0. The Kier molecular flexibility index (Phi) is 5.55. The first kappa shape index (κ1) is 12.9. The van der Waals surface area contributed by atoms with Crippen molar-refractivity contribution in [3.8, 4) is 0 Å². The Morgan fingerprint density at radius 1 is 1.15 bits per heavy atom. The zero-order valence-electron chi connectivity index (χ0n) is 6.74. The van der Waals surface area contributed by atoms with Gasteiger partial charge in [-0.15, -0.1) is 9.24 Å². The summed E-state index contributed by atoms with van der Waals surface area (Å²) in [4.78, 5) is 10.6. The SMILES string of the molecule is O=C(CO)[C@@H](O)[C@H](O)[C@@H](O)C(O)P. The van der Waals surface area contributed by atoms with Gasteiger partial charge in [0.25, 0.3) is 0 Å². The van der Waals surface area contributed by atoms with Crippen molar-refractivity contribution >= 4 is 15.0 Å². The molecule has 0 fully saturated rings. The number of hydrogen-bond acceptors (Lipinski definition) is 6. The van der Waals surface area contributed by atoms with E-state index < -0.39 is 36.5 Å². The molecule has 0 heterocycles. The minimum atomic E-state index is -1.89. The number of carbonyl (C=O) groups is 1. The molecule has 0 aliphatic rings. The molecule has 6 nitrogen and oxygen atoms in total. The summed E-state index contributed by atoms with van der Waals surface area (Å²) in [6, 6.07) is 0. The van der Waals surface area contributed by atoms with Gasteiger partial charge in [-0.3, -0.25) is 4.79 Å². The average molecular weight is 212 g/mol. The number of carbonyl (C=O) groups excluding carboxylic acids is 1. The van der Waals surface area contributed by atoms with E-state index in [4.69, 9.17) is 25.5 Å². The summed E-state index contributed by atoms with van der Waals surface area (Å²) in [5.41, 5.74) is 0. The minimum absolute atomic E-state index is 0.933. The molecule has 0 saturated carbocycles. The second-order valence-electron chi connectivity index (χ2n) is 2.54. The summed E-state index contributed by atoms with van der Waals surface area (Å²) in [6.45, 7) is -0.933. The largest absolute Gasteiger partial charge is 0.388 e. The van der Waals surface area contributed by atoms with Crippen molar-refractivity contribution in [2.75, 3.05) is 6.61 Å². The van der Waals surface area contributed by atoms with Gasteiger partial charge in [0.1, 0.15) is 24.9 Å². The third kappa shape index (κ3) is 3.64. The second kappa shape index (κ2) is 5.59. The fraction of sp³-hybridized carbons (Fsp3) is 0.833. The number of aliphatic hydroxyl groups is 5. The van der Waals surface area contributed by atoms with Gasteiger partial charge in [-0.2, -0.15) is 0 Å².